The number of aromatic nitrogens is 1. The van der Waals surface area contributed by atoms with Crippen molar-refractivity contribution < 1.29 is 12.9 Å². The molecule has 0 aliphatic heterocycles. The van der Waals surface area contributed by atoms with E-state index in [0.717, 1.165) is 6.26 Å². The van der Waals surface area contributed by atoms with Gasteiger partial charge in [-0.3, -0.25) is 4.72 Å². The van der Waals surface area contributed by atoms with E-state index in [9.17, 15) is 8.42 Å². The Morgan fingerprint density at radius 1 is 1.58 bits per heavy atom. The van der Waals surface area contributed by atoms with Crippen molar-refractivity contribution in [1.29, 1.82) is 0 Å². The lowest BCUT2D eigenvalue weighted by atomic mass is 10.5. The van der Waals surface area contributed by atoms with Crippen LogP contribution in [0.15, 0.2) is 10.6 Å². The van der Waals surface area contributed by atoms with Gasteiger partial charge in [-0.05, 0) is 6.92 Å². The van der Waals surface area contributed by atoms with E-state index in [1.54, 1.807) is 6.92 Å². The number of rotatable bonds is 2. The molecule has 0 aliphatic rings. The van der Waals surface area contributed by atoms with Gasteiger partial charge in [-0.15, -0.1) is 12.4 Å². The third kappa shape index (κ3) is 3.59. The number of hydrogen-bond acceptors (Lipinski definition) is 4. The van der Waals surface area contributed by atoms with Gasteiger partial charge in [0.2, 0.25) is 10.0 Å². The fourth-order valence-electron chi connectivity index (χ4n) is 0.604. The van der Waals surface area contributed by atoms with Crippen molar-refractivity contribution in [3.63, 3.8) is 0 Å². The van der Waals surface area contributed by atoms with Crippen LogP contribution in [0, 0.1) is 6.92 Å². The third-order valence-corrected chi connectivity index (χ3v) is 1.50. The standard InChI is InChI=1S/C5H8N2O3S.ClH/c1-4-3-5(6-10-4)7-11(2,8)9;/h3H,1-2H3,(H,6,7);1H. The van der Waals surface area contributed by atoms with E-state index < -0.39 is 10.0 Å². The van der Waals surface area contributed by atoms with Crippen molar-refractivity contribution in [3.05, 3.63) is 11.8 Å². The minimum absolute atomic E-state index is 0. The van der Waals surface area contributed by atoms with Gasteiger partial charge in [-0.25, -0.2) is 8.42 Å². The molecular weight excluding hydrogens is 204 g/mol. The number of anilines is 1. The summed E-state index contributed by atoms with van der Waals surface area (Å²) in [4.78, 5) is 0. The largest absolute Gasteiger partial charge is 0.360 e. The van der Waals surface area contributed by atoms with E-state index in [1.165, 1.54) is 6.07 Å². The molecule has 0 bridgehead atoms. The Balaban J connectivity index is 0.00000121. The van der Waals surface area contributed by atoms with Crippen LogP contribution in [0.2, 0.25) is 0 Å². The maximum Gasteiger partial charge on any atom is 0.231 e. The highest BCUT2D eigenvalue weighted by molar-refractivity contribution is 7.92. The molecule has 1 aromatic rings. The maximum atomic E-state index is 10.6. The van der Waals surface area contributed by atoms with E-state index in [2.05, 4.69) is 14.4 Å². The van der Waals surface area contributed by atoms with Gasteiger partial charge in [0.25, 0.3) is 0 Å². The summed E-state index contributed by atoms with van der Waals surface area (Å²) < 4.78 is 28.0. The fraction of sp³-hybridized carbons (Fsp3) is 0.400. The number of hydrogen-bond donors (Lipinski definition) is 1. The van der Waals surface area contributed by atoms with Crippen molar-refractivity contribution in [1.82, 2.24) is 5.16 Å². The summed E-state index contributed by atoms with van der Waals surface area (Å²) in [7, 11) is -3.24. The van der Waals surface area contributed by atoms with Crippen LogP contribution in [0.5, 0.6) is 0 Å². The second-order valence-electron chi connectivity index (χ2n) is 2.20. The summed E-state index contributed by atoms with van der Waals surface area (Å²) in [5.41, 5.74) is 0. The van der Waals surface area contributed by atoms with Crippen molar-refractivity contribution in [2.24, 2.45) is 0 Å². The molecule has 0 aromatic carbocycles. The van der Waals surface area contributed by atoms with Crippen molar-refractivity contribution in [2.45, 2.75) is 6.92 Å². The van der Waals surface area contributed by atoms with Gasteiger partial charge in [0.1, 0.15) is 5.76 Å². The quantitative estimate of drug-likeness (QED) is 0.786. The van der Waals surface area contributed by atoms with E-state index in [4.69, 9.17) is 0 Å². The molecule has 12 heavy (non-hydrogen) atoms. The third-order valence-electron chi connectivity index (χ3n) is 0.918. The molecule has 0 atom stereocenters. The Bertz CT molecular complexity index is 345. The average Bonchev–Trinajstić information content (AvgIpc) is 2.10. The molecule has 1 aromatic heterocycles. The smallest absolute Gasteiger partial charge is 0.231 e. The van der Waals surface area contributed by atoms with Crippen LogP contribution in [0.1, 0.15) is 5.76 Å². The molecule has 1 heterocycles. The molecule has 0 saturated carbocycles. The first kappa shape index (κ1) is 11.2. The van der Waals surface area contributed by atoms with Crippen molar-refractivity contribution in [2.75, 3.05) is 11.0 Å². The van der Waals surface area contributed by atoms with Gasteiger partial charge in [0.05, 0.1) is 6.26 Å². The lowest BCUT2D eigenvalue weighted by Gasteiger charge is -1.94. The van der Waals surface area contributed by atoms with Crippen LogP contribution in [0.3, 0.4) is 0 Å². The zero-order valence-electron chi connectivity index (χ0n) is 6.57. The maximum absolute atomic E-state index is 10.6. The summed E-state index contributed by atoms with van der Waals surface area (Å²) >= 11 is 0. The molecule has 0 radical (unpaired) electrons. The monoisotopic (exact) mass is 212 g/mol. The second-order valence-corrected chi connectivity index (χ2v) is 3.95. The molecule has 1 rings (SSSR count). The van der Waals surface area contributed by atoms with Crippen LogP contribution in [-0.2, 0) is 10.0 Å². The number of nitrogens with one attached hydrogen (secondary N) is 1. The Kier molecular flexibility index (Phi) is 3.54. The molecule has 0 unspecified atom stereocenters. The average molecular weight is 213 g/mol. The molecule has 0 spiro atoms. The first-order chi connectivity index (χ1) is 4.97. The van der Waals surface area contributed by atoms with E-state index in [1.807, 2.05) is 0 Å². The Morgan fingerprint density at radius 3 is 2.50 bits per heavy atom. The van der Waals surface area contributed by atoms with Crippen LogP contribution in [-0.4, -0.2) is 19.8 Å². The predicted molar refractivity (Wildman–Crippen MR) is 47.0 cm³/mol. The second kappa shape index (κ2) is 3.77. The highest BCUT2D eigenvalue weighted by Crippen LogP contribution is 2.07. The van der Waals surface area contributed by atoms with Crippen LogP contribution in [0.25, 0.3) is 0 Å². The molecular formula is C5H9ClN2O3S. The van der Waals surface area contributed by atoms with Gasteiger partial charge < -0.3 is 4.52 Å². The minimum atomic E-state index is -3.24. The summed E-state index contributed by atoms with van der Waals surface area (Å²) in [6.45, 7) is 1.68. The molecule has 0 aliphatic carbocycles. The van der Waals surface area contributed by atoms with E-state index in [-0.39, 0.29) is 18.2 Å². The molecule has 7 heteroatoms. The number of sulfonamides is 1. The first-order valence-corrected chi connectivity index (χ1v) is 4.77. The highest BCUT2D eigenvalue weighted by atomic mass is 35.5. The van der Waals surface area contributed by atoms with Crippen LogP contribution < -0.4 is 4.72 Å². The first-order valence-electron chi connectivity index (χ1n) is 2.88. The number of nitrogens with zero attached hydrogens (tertiary/aromatic N) is 1. The molecule has 70 valence electrons. The van der Waals surface area contributed by atoms with E-state index >= 15 is 0 Å². The predicted octanol–water partition coefficient (Wildman–Crippen LogP) is 0.776. The highest BCUT2D eigenvalue weighted by Gasteiger charge is 2.04. The molecule has 0 fully saturated rings. The van der Waals surface area contributed by atoms with Crippen molar-refractivity contribution >= 4 is 28.2 Å². The summed E-state index contributed by atoms with van der Waals surface area (Å²) in [6, 6.07) is 1.50. The number of aryl methyl sites for hydroxylation is 1. The molecule has 5 nitrogen and oxygen atoms in total. The Labute approximate surface area is 76.6 Å². The fourth-order valence-corrected chi connectivity index (χ4v) is 1.08. The van der Waals surface area contributed by atoms with Crippen molar-refractivity contribution in [3.8, 4) is 0 Å². The van der Waals surface area contributed by atoms with Gasteiger partial charge in [-0.2, -0.15) is 0 Å². The molecule has 1 N–H and O–H groups in total. The van der Waals surface area contributed by atoms with Gasteiger partial charge in [0.15, 0.2) is 5.82 Å². The normalized spacial score (nSPS) is 10.5. The number of halogens is 1. The molecule has 0 amide bonds. The van der Waals surface area contributed by atoms with Gasteiger partial charge >= 0.3 is 0 Å². The zero-order valence-corrected chi connectivity index (χ0v) is 8.20. The SMILES string of the molecule is Cc1cc(NS(C)(=O)=O)no1.Cl. The topological polar surface area (TPSA) is 72.2 Å². The minimum Gasteiger partial charge on any atom is -0.360 e. The lowest BCUT2D eigenvalue weighted by molar-refractivity contribution is 0.400. The van der Waals surface area contributed by atoms with E-state index in [0.29, 0.717) is 5.76 Å². The van der Waals surface area contributed by atoms with Gasteiger partial charge in [0, 0.05) is 6.07 Å². The summed E-state index contributed by atoms with van der Waals surface area (Å²) in [5.74, 6) is 0.779. The van der Waals surface area contributed by atoms with Crippen LogP contribution in [0.4, 0.5) is 5.82 Å². The lowest BCUT2D eigenvalue weighted by Crippen LogP contribution is -2.09. The Morgan fingerprint density at radius 2 is 2.17 bits per heavy atom. The van der Waals surface area contributed by atoms with Gasteiger partial charge in [-0.1, -0.05) is 5.16 Å². The Hall–Kier alpha value is -0.750. The zero-order chi connectivity index (χ0) is 8.48. The summed E-state index contributed by atoms with van der Waals surface area (Å²) in [5, 5.41) is 3.44. The molecule has 0 saturated heterocycles. The summed E-state index contributed by atoms with van der Waals surface area (Å²) in [6.07, 6.45) is 1.05. The van der Waals surface area contributed by atoms with Crippen LogP contribution >= 0.6 is 12.4 Å².